The zero-order valence-electron chi connectivity index (χ0n) is 19.6. The van der Waals surface area contributed by atoms with Crippen LogP contribution in [0.1, 0.15) is 45.6 Å². The SMILES string of the molecule is COc1ccc(N2C(=O)[C@H](O[C@@H]3C[C@@H](C)CC[C@H]3C(C)C)[C@@H]2/C=C/c2ccccc2)cc1. The molecule has 0 N–H and O–H groups in total. The van der Waals surface area contributed by atoms with Crippen molar-refractivity contribution in [2.75, 3.05) is 12.0 Å². The Labute approximate surface area is 192 Å². The number of methoxy groups -OCH3 is 1. The van der Waals surface area contributed by atoms with Crippen LogP contribution in [0.15, 0.2) is 60.7 Å². The van der Waals surface area contributed by atoms with Crippen molar-refractivity contribution in [3.63, 3.8) is 0 Å². The third kappa shape index (κ3) is 4.75. The molecule has 4 rings (SSSR count). The van der Waals surface area contributed by atoms with Crippen molar-refractivity contribution in [2.45, 2.75) is 58.3 Å². The number of benzene rings is 2. The molecule has 0 spiro atoms. The van der Waals surface area contributed by atoms with Gasteiger partial charge in [-0.1, -0.05) is 69.7 Å². The van der Waals surface area contributed by atoms with E-state index >= 15 is 0 Å². The lowest BCUT2D eigenvalue weighted by molar-refractivity contribution is -0.154. The normalized spacial score (nSPS) is 28.2. The summed E-state index contributed by atoms with van der Waals surface area (Å²) < 4.78 is 11.9. The van der Waals surface area contributed by atoms with Gasteiger partial charge in [0.2, 0.25) is 0 Å². The summed E-state index contributed by atoms with van der Waals surface area (Å²) in [6, 6.07) is 17.8. The maximum Gasteiger partial charge on any atom is 0.259 e. The number of β-lactam (4-membered cyclic amide) rings is 1. The van der Waals surface area contributed by atoms with Crippen molar-refractivity contribution in [3.05, 3.63) is 66.2 Å². The van der Waals surface area contributed by atoms with Crippen LogP contribution in [0.5, 0.6) is 5.75 Å². The second-order valence-corrected chi connectivity index (χ2v) is 9.59. The van der Waals surface area contributed by atoms with Crippen LogP contribution in [0.3, 0.4) is 0 Å². The molecule has 5 atom stereocenters. The molecule has 2 aliphatic rings. The minimum atomic E-state index is -0.436. The van der Waals surface area contributed by atoms with E-state index in [0.29, 0.717) is 17.8 Å². The van der Waals surface area contributed by atoms with E-state index in [2.05, 4.69) is 45.1 Å². The number of hydrogen-bond donors (Lipinski definition) is 0. The molecule has 1 saturated heterocycles. The lowest BCUT2D eigenvalue weighted by Crippen LogP contribution is -2.66. The summed E-state index contributed by atoms with van der Waals surface area (Å²) >= 11 is 0. The highest BCUT2D eigenvalue weighted by molar-refractivity contribution is 6.05. The third-order valence-electron chi connectivity index (χ3n) is 7.01. The Kier molecular flexibility index (Phi) is 7.00. The van der Waals surface area contributed by atoms with Gasteiger partial charge >= 0.3 is 0 Å². The van der Waals surface area contributed by atoms with Crippen LogP contribution < -0.4 is 9.64 Å². The van der Waals surface area contributed by atoms with E-state index in [4.69, 9.17) is 9.47 Å². The first-order valence-corrected chi connectivity index (χ1v) is 11.8. The van der Waals surface area contributed by atoms with Crippen LogP contribution in [0, 0.1) is 17.8 Å². The van der Waals surface area contributed by atoms with E-state index in [1.54, 1.807) is 7.11 Å². The van der Waals surface area contributed by atoms with E-state index < -0.39 is 6.10 Å². The standard InChI is InChI=1S/C28H35NO3/c1-19(2)24-16-10-20(3)18-26(24)32-27-25(17-11-21-8-6-5-7-9-21)29(28(27)30)22-12-14-23(31-4)15-13-22/h5-9,11-15,17,19-20,24-27H,10,16,18H2,1-4H3/b17-11+/t20-,24-,25-,26+,27+/m0/s1. The first-order chi connectivity index (χ1) is 15.5. The van der Waals surface area contributed by atoms with Gasteiger partial charge in [-0.15, -0.1) is 0 Å². The van der Waals surface area contributed by atoms with Crippen LogP contribution in [0.2, 0.25) is 0 Å². The minimum absolute atomic E-state index is 0.0404. The second-order valence-electron chi connectivity index (χ2n) is 9.59. The van der Waals surface area contributed by atoms with Crippen LogP contribution in [0.25, 0.3) is 6.08 Å². The number of carbonyl (C=O) groups is 1. The summed E-state index contributed by atoms with van der Waals surface area (Å²) in [4.78, 5) is 15.2. The molecular weight excluding hydrogens is 398 g/mol. The maximum absolute atomic E-state index is 13.3. The number of nitrogens with zero attached hydrogens (tertiary/aromatic N) is 1. The summed E-state index contributed by atoms with van der Waals surface area (Å²) in [5, 5.41) is 0. The highest BCUT2D eigenvalue weighted by Gasteiger charge is 2.50. The topological polar surface area (TPSA) is 38.8 Å². The van der Waals surface area contributed by atoms with Gasteiger partial charge in [-0.25, -0.2) is 0 Å². The monoisotopic (exact) mass is 433 g/mol. The fourth-order valence-corrected chi connectivity index (χ4v) is 5.08. The number of rotatable bonds is 7. The molecule has 1 aliphatic heterocycles. The second kappa shape index (κ2) is 9.91. The van der Waals surface area contributed by atoms with Crippen molar-refractivity contribution >= 4 is 17.7 Å². The van der Waals surface area contributed by atoms with Crippen molar-refractivity contribution in [1.29, 1.82) is 0 Å². The molecule has 0 unspecified atom stereocenters. The number of anilines is 1. The lowest BCUT2D eigenvalue weighted by atomic mass is 9.75. The van der Waals surface area contributed by atoms with Crippen LogP contribution in [0.4, 0.5) is 5.69 Å². The molecule has 2 fully saturated rings. The summed E-state index contributed by atoms with van der Waals surface area (Å²) in [7, 11) is 1.65. The first-order valence-electron chi connectivity index (χ1n) is 11.8. The molecule has 1 amide bonds. The van der Waals surface area contributed by atoms with Crippen molar-refractivity contribution < 1.29 is 14.3 Å². The Balaban J connectivity index is 1.58. The number of amides is 1. The zero-order valence-corrected chi connectivity index (χ0v) is 19.6. The zero-order chi connectivity index (χ0) is 22.7. The summed E-state index contributed by atoms with van der Waals surface area (Å²) in [6.07, 6.45) is 7.36. The van der Waals surface area contributed by atoms with Gasteiger partial charge in [-0.2, -0.15) is 0 Å². The predicted molar refractivity (Wildman–Crippen MR) is 130 cm³/mol. The summed E-state index contributed by atoms with van der Waals surface area (Å²) in [5.41, 5.74) is 1.99. The molecular formula is C28H35NO3. The Morgan fingerprint density at radius 2 is 1.75 bits per heavy atom. The maximum atomic E-state index is 13.3. The predicted octanol–water partition coefficient (Wildman–Crippen LogP) is 5.97. The third-order valence-corrected chi connectivity index (χ3v) is 7.01. The number of ether oxygens (including phenoxy) is 2. The first kappa shape index (κ1) is 22.6. The van der Waals surface area contributed by atoms with Gasteiger partial charge in [0.05, 0.1) is 19.3 Å². The van der Waals surface area contributed by atoms with E-state index in [9.17, 15) is 4.79 Å². The summed E-state index contributed by atoms with van der Waals surface area (Å²) in [6.45, 7) is 6.85. The van der Waals surface area contributed by atoms with Crippen molar-refractivity contribution in [1.82, 2.24) is 0 Å². The fourth-order valence-electron chi connectivity index (χ4n) is 5.08. The Morgan fingerprint density at radius 3 is 2.41 bits per heavy atom. The lowest BCUT2D eigenvalue weighted by Gasteiger charge is -2.48. The number of hydrogen-bond acceptors (Lipinski definition) is 3. The van der Waals surface area contributed by atoms with E-state index in [0.717, 1.165) is 23.4 Å². The molecule has 1 aliphatic carbocycles. The van der Waals surface area contributed by atoms with Crippen LogP contribution in [-0.4, -0.2) is 31.3 Å². The highest BCUT2D eigenvalue weighted by atomic mass is 16.5. The van der Waals surface area contributed by atoms with E-state index in [-0.39, 0.29) is 18.1 Å². The molecule has 4 nitrogen and oxygen atoms in total. The average molecular weight is 434 g/mol. The smallest absolute Gasteiger partial charge is 0.259 e. The Bertz CT molecular complexity index is 921. The van der Waals surface area contributed by atoms with Gasteiger partial charge in [0.15, 0.2) is 6.10 Å². The molecule has 32 heavy (non-hydrogen) atoms. The quantitative estimate of drug-likeness (QED) is 0.505. The summed E-state index contributed by atoms with van der Waals surface area (Å²) in [5.74, 6) is 2.52. The molecule has 2 aromatic carbocycles. The minimum Gasteiger partial charge on any atom is -0.497 e. The van der Waals surface area contributed by atoms with Gasteiger partial charge in [-0.3, -0.25) is 9.69 Å². The van der Waals surface area contributed by atoms with Gasteiger partial charge in [0.1, 0.15) is 5.75 Å². The molecule has 4 heteroatoms. The highest BCUT2D eigenvalue weighted by Crippen LogP contribution is 2.39. The van der Waals surface area contributed by atoms with E-state index in [1.165, 1.54) is 12.8 Å². The Morgan fingerprint density at radius 1 is 1.03 bits per heavy atom. The van der Waals surface area contributed by atoms with Gasteiger partial charge in [0.25, 0.3) is 5.91 Å². The van der Waals surface area contributed by atoms with Crippen molar-refractivity contribution in [2.24, 2.45) is 17.8 Å². The molecule has 170 valence electrons. The molecule has 2 aromatic rings. The molecule has 0 radical (unpaired) electrons. The average Bonchev–Trinajstić information content (AvgIpc) is 2.80. The largest absolute Gasteiger partial charge is 0.497 e. The Hall–Kier alpha value is -2.59. The van der Waals surface area contributed by atoms with Crippen LogP contribution >= 0.6 is 0 Å². The molecule has 1 heterocycles. The number of carbonyl (C=O) groups excluding carboxylic acids is 1. The fraction of sp³-hybridized carbons (Fsp3) is 0.464. The van der Waals surface area contributed by atoms with Crippen LogP contribution in [-0.2, 0) is 9.53 Å². The molecule has 0 bridgehead atoms. The van der Waals surface area contributed by atoms with E-state index in [1.807, 2.05) is 47.4 Å². The molecule has 1 saturated carbocycles. The van der Waals surface area contributed by atoms with Gasteiger partial charge in [-0.05, 0) is 60.4 Å². The van der Waals surface area contributed by atoms with Gasteiger partial charge < -0.3 is 9.47 Å². The molecule has 0 aromatic heterocycles. The van der Waals surface area contributed by atoms with Crippen molar-refractivity contribution in [3.8, 4) is 5.75 Å². The van der Waals surface area contributed by atoms with Gasteiger partial charge in [0, 0.05) is 5.69 Å².